The lowest BCUT2D eigenvalue weighted by molar-refractivity contribution is 0.242. The maximum atomic E-state index is 11.2. The van der Waals surface area contributed by atoms with Gasteiger partial charge in [-0.05, 0) is 46.0 Å². The average Bonchev–Trinajstić information content (AvgIpc) is 2.17. The Morgan fingerprint density at radius 3 is 2.39 bits per heavy atom. The van der Waals surface area contributed by atoms with E-state index in [1.807, 2.05) is 0 Å². The van der Waals surface area contributed by atoms with Crippen molar-refractivity contribution in [2.75, 3.05) is 6.61 Å². The number of halogens is 1. The summed E-state index contributed by atoms with van der Waals surface area (Å²) in [6, 6.07) is 4.49. The van der Waals surface area contributed by atoms with Crippen LogP contribution < -0.4 is 9.88 Å². The molecule has 0 spiro atoms. The Morgan fingerprint density at radius 1 is 1.33 bits per heavy atom. The Bertz CT molecular complexity index is 521. The van der Waals surface area contributed by atoms with Gasteiger partial charge in [-0.2, -0.15) is 0 Å². The molecule has 18 heavy (non-hydrogen) atoms. The zero-order valence-electron chi connectivity index (χ0n) is 10.7. The van der Waals surface area contributed by atoms with E-state index in [4.69, 9.17) is 9.88 Å². The molecule has 6 heteroatoms. The predicted octanol–water partition coefficient (Wildman–Crippen LogP) is 2.91. The van der Waals surface area contributed by atoms with Gasteiger partial charge in [0.1, 0.15) is 5.75 Å². The summed E-state index contributed by atoms with van der Waals surface area (Å²) >= 11 is 3.28. The van der Waals surface area contributed by atoms with Crippen molar-refractivity contribution in [2.24, 2.45) is 10.6 Å². The summed E-state index contributed by atoms with van der Waals surface area (Å²) in [6.07, 6.45) is 0.913. The van der Waals surface area contributed by atoms with E-state index in [1.165, 1.54) is 12.1 Å². The van der Waals surface area contributed by atoms with E-state index in [2.05, 4.69) is 36.7 Å². The van der Waals surface area contributed by atoms with Crippen LogP contribution in [0, 0.1) is 5.41 Å². The zero-order chi connectivity index (χ0) is 14.0. The second-order valence-electron chi connectivity index (χ2n) is 5.30. The molecule has 0 aromatic heterocycles. The first kappa shape index (κ1) is 15.5. The summed E-state index contributed by atoms with van der Waals surface area (Å²) in [4.78, 5) is 0.0672. The fourth-order valence-corrected chi connectivity index (χ4v) is 2.43. The van der Waals surface area contributed by atoms with Gasteiger partial charge in [0.15, 0.2) is 0 Å². The maximum absolute atomic E-state index is 11.2. The van der Waals surface area contributed by atoms with Crippen LogP contribution in [0.5, 0.6) is 5.75 Å². The predicted molar refractivity (Wildman–Crippen MR) is 75.1 cm³/mol. The zero-order valence-corrected chi connectivity index (χ0v) is 13.1. The highest BCUT2D eigenvalue weighted by Crippen LogP contribution is 2.28. The number of hydrogen-bond acceptors (Lipinski definition) is 3. The third-order valence-corrected chi connectivity index (χ3v) is 3.87. The number of hydrogen-bond donors (Lipinski definition) is 1. The van der Waals surface area contributed by atoms with Gasteiger partial charge < -0.3 is 4.74 Å². The van der Waals surface area contributed by atoms with Crippen LogP contribution in [0.4, 0.5) is 0 Å². The maximum Gasteiger partial charge on any atom is 0.238 e. The van der Waals surface area contributed by atoms with Crippen LogP contribution >= 0.6 is 15.9 Å². The molecule has 1 rings (SSSR count). The third-order valence-electron chi connectivity index (χ3n) is 2.34. The molecule has 0 unspecified atom stereocenters. The fraction of sp³-hybridized carbons (Fsp3) is 0.500. The largest absolute Gasteiger partial charge is 0.492 e. The topological polar surface area (TPSA) is 69.4 Å². The number of nitrogens with two attached hydrogens (primary N) is 1. The first-order valence-electron chi connectivity index (χ1n) is 5.55. The van der Waals surface area contributed by atoms with Gasteiger partial charge in [0, 0.05) is 0 Å². The molecule has 0 saturated heterocycles. The highest BCUT2D eigenvalue weighted by atomic mass is 79.9. The number of sulfonamides is 1. The van der Waals surface area contributed by atoms with E-state index in [1.54, 1.807) is 6.07 Å². The van der Waals surface area contributed by atoms with Gasteiger partial charge in [0.05, 0.1) is 16.0 Å². The Hall–Kier alpha value is -0.590. The molecule has 1 aromatic rings. The number of ether oxygens (including phenoxy) is 1. The van der Waals surface area contributed by atoms with Gasteiger partial charge in [0.25, 0.3) is 0 Å². The molecule has 102 valence electrons. The smallest absolute Gasteiger partial charge is 0.238 e. The van der Waals surface area contributed by atoms with Gasteiger partial charge in [-0.1, -0.05) is 20.8 Å². The Kier molecular flexibility index (Phi) is 4.80. The Labute approximate surface area is 117 Å². The average molecular weight is 336 g/mol. The van der Waals surface area contributed by atoms with Crippen LogP contribution in [0.3, 0.4) is 0 Å². The van der Waals surface area contributed by atoms with Crippen LogP contribution in [0.15, 0.2) is 27.6 Å². The van der Waals surface area contributed by atoms with Crippen molar-refractivity contribution in [3.05, 3.63) is 22.7 Å². The second kappa shape index (κ2) is 5.59. The molecule has 0 amide bonds. The van der Waals surface area contributed by atoms with Crippen molar-refractivity contribution in [1.82, 2.24) is 0 Å². The van der Waals surface area contributed by atoms with Crippen molar-refractivity contribution < 1.29 is 13.2 Å². The molecule has 2 N–H and O–H groups in total. The lowest BCUT2D eigenvalue weighted by Crippen LogP contribution is -2.13. The summed E-state index contributed by atoms with van der Waals surface area (Å²) < 4.78 is 28.5. The summed E-state index contributed by atoms with van der Waals surface area (Å²) in [7, 11) is -3.67. The highest BCUT2D eigenvalue weighted by molar-refractivity contribution is 9.10. The van der Waals surface area contributed by atoms with Crippen molar-refractivity contribution in [1.29, 1.82) is 0 Å². The van der Waals surface area contributed by atoms with Gasteiger partial charge in [0.2, 0.25) is 10.0 Å². The van der Waals surface area contributed by atoms with Crippen molar-refractivity contribution in [3.63, 3.8) is 0 Å². The molecule has 0 fully saturated rings. The molecule has 0 heterocycles. The van der Waals surface area contributed by atoms with Crippen molar-refractivity contribution in [2.45, 2.75) is 32.1 Å². The molecule has 0 aliphatic carbocycles. The van der Waals surface area contributed by atoms with E-state index in [0.717, 1.165) is 6.42 Å². The van der Waals surface area contributed by atoms with Gasteiger partial charge in [-0.3, -0.25) is 0 Å². The third kappa shape index (κ3) is 4.96. The van der Waals surface area contributed by atoms with E-state index >= 15 is 0 Å². The summed E-state index contributed by atoms with van der Waals surface area (Å²) in [6.45, 7) is 6.98. The molecule has 0 aliphatic heterocycles. The lowest BCUT2D eigenvalue weighted by Gasteiger charge is -2.18. The van der Waals surface area contributed by atoms with Gasteiger partial charge in [-0.15, -0.1) is 0 Å². The van der Waals surface area contributed by atoms with E-state index in [9.17, 15) is 8.42 Å². The molecule has 0 radical (unpaired) electrons. The molecule has 1 aromatic carbocycles. The van der Waals surface area contributed by atoms with Crippen molar-refractivity contribution in [3.8, 4) is 5.75 Å². The first-order valence-corrected chi connectivity index (χ1v) is 7.89. The molecule has 4 nitrogen and oxygen atoms in total. The molecule has 0 atom stereocenters. The highest BCUT2D eigenvalue weighted by Gasteiger charge is 2.13. The van der Waals surface area contributed by atoms with Crippen LogP contribution in [0.2, 0.25) is 0 Å². The van der Waals surface area contributed by atoms with Crippen LogP contribution in [0.25, 0.3) is 0 Å². The monoisotopic (exact) mass is 335 g/mol. The Balaban J connectivity index is 2.75. The summed E-state index contributed by atoms with van der Waals surface area (Å²) in [5, 5.41) is 5.04. The number of benzene rings is 1. The van der Waals surface area contributed by atoms with Crippen LogP contribution in [-0.2, 0) is 10.0 Å². The van der Waals surface area contributed by atoms with E-state index in [-0.39, 0.29) is 10.3 Å². The molecule has 0 bridgehead atoms. The fourth-order valence-electron chi connectivity index (χ4n) is 1.24. The lowest BCUT2D eigenvalue weighted by atomic mass is 9.93. The minimum Gasteiger partial charge on any atom is -0.492 e. The number of rotatable bonds is 4. The minimum atomic E-state index is -3.67. The number of primary sulfonamides is 1. The van der Waals surface area contributed by atoms with Crippen LogP contribution in [-0.4, -0.2) is 15.0 Å². The quantitative estimate of drug-likeness (QED) is 0.919. The van der Waals surface area contributed by atoms with E-state index < -0.39 is 10.0 Å². The Morgan fingerprint density at radius 2 is 1.94 bits per heavy atom. The molecular weight excluding hydrogens is 318 g/mol. The SMILES string of the molecule is CC(C)(C)CCOc1ccc(S(N)(=O)=O)cc1Br. The summed E-state index contributed by atoms with van der Waals surface area (Å²) in [5.74, 6) is 0.617. The molecule has 0 aliphatic rings. The van der Waals surface area contributed by atoms with E-state index in [0.29, 0.717) is 16.8 Å². The second-order valence-corrected chi connectivity index (χ2v) is 7.71. The minimum absolute atomic E-state index is 0.0672. The molecular formula is C12H18BrNO3S. The first-order chi connectivity index (χ1) is 8.09. The normalized spacial score (nSPS) is 12.5. The standard InChI is InChI=1S/C12H18BrNO3S/c1-12(2,3)6-7-17-11-5-4-9(8-10(11)13)18(14,15)16/h4-5,8H,6-7H2,1-3H3,(H2,14,15,16). The summed E-state index contributed by atoms with van der Waals surface area (Å²) in [5.41, 5.74) is 0.201. The molecule has 0 saturated carbocycles. The van der Waals surface area contributed by atoms with Crippen LogP contribution in [0.1, 0.15) is 27.2 Å². The van der Waals surface area contributed by atoms with Gasteiger partial charge in [-0.25, -0.2) is 13.6 Å². The van der Waals surface area contributed by atoms with Gasteiger partial charge >= 0.3 is 0 Å². The van der Waals surface area contributed by atoms with Crippen molar-refractivity contribution >= 4 is 26.0 Å².